The second kappa shape index (κ2) is 9.19. The lowest BCUT2D eigenvalue weighted by atomic mass is 10.0. The summed E-state index contributed by atoms with van der Waals surface area (Å²) in [5.41, 5.74) is 3.70. The van der Waals surface area contributed by atoms with E-state index in [1.165, 1.54) is 11.6 Å². The molecule has 33 heavy (non-hydrogen) atoms. The van der Waals surface area contributed by atoms with Crippen molar-refractivity contribution in [2.45, 2.75) is 19.4 Å². The maximum absolute atomic E-state index is 14.1. The number of aryl methyl sites for hydroxylation is 1. The number of piperazine rings is 1. The van der Waals surface area contributed by atoms with E-state index in [2.05, 4.69) is 17.0 Å². The van der Waals surface area contributed by atoms with E-state index in [9.17, 15) is 9.18 Å². The molecular weight excluding hydrogens is 419 g/mol. The molecule has 170 valence electrons. The largest absolute Gasteiger partial charge is 0.467 e. The molecule has 2 aliphatic rings. The summed E-state index contributed by atoms with van der Waals surface area (Å²) in [5, 5.41) is 6.30. The standard InChI is InChI=1S/C26H27FN4O2/c1-19-8-10-20(11-9-19)22-17-24(25-7-4-16-33-25)31(28-22)26(32)18-29-12-14-30(15-13-29)23-6-3-2-5-21(23)27/h2-11,16,24H,12-15,17-18H2,1H3/t24-/m0/s1. The number of halogens is 1. The van der Waals surface area contributed by atoms with Gasteiger partial charge >= 0.3 is 0 Å². The topological polar surface area (TPSA) is 52.3 Å². The molecule has 0 saturated carbocycles. The van der Waals surface area contributed by atoms with Gasteiger partial charge in [-0.1, -0.05) is 42.0 Å². The molecule has 1 amide bonds. The van der Waals surface area contributed by atoms with E-state index in [-0.39, 0.29) is 24.3 Å². The number of hydrazone groups is 1. The molecule has 7 heteroatoms. The van der Waals surface area contributed by atoms with E-state index in [4.69, 9.17) is 9.52 Å². The van der Waals surface area contributed by atoms with Crippen molar-refractivity contribution >= 4 is 17.3 Å². The molecular formula is C26H27FN4O2. The van der Waals surface area contributed by atoms with Crippen molar-refractivity contribution in [3.05, 3.63) is 89.6 Å². The van der Waals surface area contributed by atoms with Crippen LogP contribution in [0.1, 0.15) is 29.3 Å². The van der Waals surface area contributed by atoms with Gasteiger partial charge in [-0.25, -0.2) is 9.40 Å². The highest BCUT2D eigenvalue weighted by atomic mass is 19.1. The molecule has 0 radical (unpaired) electrons. The van der Waals surface area contributed by atoms with Crippen molar-refractivity contribution in [2.75, 3.05) is 37.6 Å². The molecule has 3 aromatic rings. The van der Waals surface area contributed by atoms with Gasteiger partial charge in [-0.3, -0.25) is 9.69 Å². The van der Waals surface area contributed by atoms with E-state index in [0.717, 1.165) is 17.0 Å². The first-order valence-corrected chi connectivity index (χ1v) is 11.3. The van der Waals surface area contributed by atoms with Gasteiger partial charge in [-0.05, 0) is 36.8 Å². The maximum atomic E-state index is 14.1. The summed E-state index contributed by atoms with van der Waals surface area (Å²) < 4.78 is 19.8. The van der Waals surface area contributed by atoms with Crippen molar-refractivity contribution in [3.8, 4) is 0 Å². The monoisotopic (exact) mass is 446 g/mol. The second-order valence-electron chi connectivity index (χ2n) is 8.60. The Kier molecular flexibility index (Phi) is 5.96. The van der Waals surface area contributed by atoms with Crippen molar-refractivity contribution in [1.29, 1.82) is 0 Å². The van der Waals surface area contributed by atoms with Crippen LogP contribution in [0.3, 0.4) is 0 Å². The minimum atomic E-state index is -0.247. The fourth-order valence-electron chi connectivity index (χ4n) is 4.48. The molecule has 2 aromatic carbocycles. The quantitative estimate of drug-likeness (QED) is 0.589. The van der Waals surface area contributed by atoms with Crippen LogP contribution in [0, 0.1) is 12.7 Å². The van der Waals surface area contributed by atoms with Crippen LogP contribution in [-0.4, -0.2) is 54.3 Å². The van der Waals surface area contributed by atoms with E-state index < -0.39 is 0 Å². The molecule has 0 N–H and O–H groups in total. The number of benzene rings is 2. The maximum Gasteiger partial charge on any atom is 0.257 e. The zero-order chi connectivity index (χ0) is 22.8. The number of hydrogen-bond donors (Lipinski definition) is 0. The van der Waals surface area contributed by atoms with Crippen LogP contribution in [0.2, 0.25) is 0 Å². The van der Waals surface area contributed by atoms with Crippen LogP contribution in [0.5, 0.6) is 0 Å². The third kappa shape index (κ3) is 4.54. The summed E-state index contributed by atoms with van der Waals surface area (Å²) in [6, 6.07) is 18.5. The van der Waals surface area contributed by atoms with Crippen LogP contribution in [0.25, 0.3) is 0 Å². The minimum Gasteiger partial charge on any atom is -0.467 e. The second-order valence-corrected chi connectivity index (χ2v) is 8.60. The molecule has 3 heterocycles. The molecule has 1 fully saturated rings. The first-order chi connectivity index (χ1) is 16.1. The Morgan fingerprint density at radius 2 is 1.79 bits per heavy atom. The van der Waals surface area contributed by atoms with Gasteiger partial charge in [-0.2, -0.15) is 5.10 Å². The van der Waals surface area contributed by atoms with Crippen molar-refractivity contribution < 1.29 is 13.6 Å². The Bertz CT molecular complexity index is 1140. The fraction of sp³-hybridized carbons (Fsp3) is 0.308. The zero-order valence-electron chi connectivity index (χ0n) is 18.7. The van der Waals surface area contributed by atoms with Gasteiger partial charge in [0.05, 0.1) is 24.2 Å². The molecule has 0 bridgehead atoms. The van der Waals surface area contributed by atoms with Gasteiger partial charge in [0.25, 0.3) is 5.91 Å². The highest BCUT2D eigenvalue weighted by Gasteiger charge is 2.35. The molecule has 5 rings (SSSR count). The normalized spacial score (nSPS) is 19.1. The fourth-order valence-corrected chi connectivity index (χ4v) is 4.48. The van der Waals surface area contributed by atoms with Crippen LogP contribution >= 0.6 is 0 Å². The first kappa shape index (κ1) is 21.4. The average Bonchev–Trinajstić information content (AvgIpc) is 3.51. The summed E-state index contributed by atoms with van der Waals surface area (Å²) in [4.78, 5) is 17.5. The van der Waals surface area contributed by atoms with E-state index in [0.29, 0.717) is 38.3 Å². The predicted molar refractivity (Wildman–Crippen MR) is 126 cm³/mol. The highest BCUT2D eigenvalue weighted by Crippen LogP contribution is 2.33. The number of furan rings is 1. The van der Waals surface area contributed by atoms with Crippen molar-refractivity contribution in [1.82, 2.24) is 9.91 Å². The lowest BCUT2D eigenvalue weighted by Gasteiger charge is -2.36. The van der Waals surface area contributed by atoms with E-state index in [1.807, 2.05) is 42.2 Å². The Labute approximate surface area is 192 Å². The minimum absolute atomic E-state index is 0.0575. The van der Waals surface area contributed by atoms with Gasteiger partial charge in [0.2, 0.25) is 0 Å². The molecule has 1 atom stereocenters. The number of amides is 1. The molecule has 6 nitrogen and oxygen atoms in total. The number of carbonyl (C=O) groups excluding carboxylic acids is 1. The Balaban J connectivity index is 1.28. The molecule has 1 aromatic heterocycles. The van der Waals surface area contributed by atoms with Crippen LogP contribution in [0.15, 0.2) is 76.4 Å². The van der Waals surface area contributed by atoms with Gasteiger partial charge in [0.1, 0.15) is 17.6 Å². The zero-order valence-corrected chi connectivity index (χ0v) is 18.7. The molecule has 0 unspecified atom stereocenters. The molecule has 0 aliphatic carbocycles. The number of nitrogens with zero attached hydrogens (tertiary/aromatic N) is 4. The Morgan fingerprint density at radius 3 is 2.48 bits per heavy atom. The van der Waals surface area contributed by atoms with Crippen LogP contribution in [0.4, 0.5) is 10.1 Å². The Morgan fingerprint density at radius 1 is 1.03 bits per heavy atom. The summed E-state index contributed by atoms with van der Waals surface area (Å²) >= 11 is 0. The van der Waals surface area contributed by atoms with Gasteiger partial charge in [0, 0.05) is 32.6 Å². The number of rotatable bonds is 5. The molecule has 2 aliphatic heterocycles. The third-order valence-electron chi connectivity index (χ3n) is 6.35. The van der Waals surface area contributed by atoms with E-state index >= 15 is 0 Å². The number of hydrogen-bond acceptors (Lipinski definition) is 5. The number of para-hydroxylation sites is 1. The van der Waals surface area contributed by atoms with Gasteiger partial charge in [0.15, 0.2) is 0 Å². The van der Waals surface area contributed by atoms with E-state index in [1.54, 1.807) is 23.4 Å². The number of carbonyl (C=O) groups is 1. The summed E-state index contributed by atoms with van der Waals surface area (Å²) in [7, 11) is 0. The van der Waals surface area contributed by atoms with Crippen molar-refractivity contribution in [2.24, 2.45) is 5.10 Å². The Hall–Kier alpha value is -3.45. The van der Waals surface area contributed by atoms with Gasteiger partial charge in [-0.15, -0.1) is 0 Å². The van der Waals surface area contributed by atoms with Crippen LogP contribution in [-0.2, 0) is 4.79 Å². The lowest BCUT2D eigenvalue weighted by Crippen LogP contribution is -2.49. The first-order valence-electron chi connectivity index (χ1n) is 11.3. The summed E-state index contributed by atoms with van der Waals surface area (Å²) in [6.07, 6.45) is 2.24. The number of anilines is 1. The van der Waals surface area contributed by atoms with Gasteiger partial charge < -0.3 is 9.32 Å². The van der Waals surface area contributed by atoms with Crippen molar-refractivity contribution in [3.63, 3.8) is 0 Å². The smallest absolute Gasteiger partial charge is 0.257 e. The highest BCUT2D eigenvalue weighted by molar-refractivity contribution is 6.03. The molecule has 1 saturated heterocycles. The third-order valence-corrected chi connectivity index (χ3v) is 6.35. The van der Waals surface area contributed by atoms with Crippen LogP contribution < -0.4 is 4.90 Å². The summed E-state index contributed by atoms with van der Waals surface area (Å²) in [5.74, 6) is 0.467. The molecule has 0 spiro atoms. The predicted octanol–water partition coefficient (Wildman–Crippen LogP) is 4.23. The average molecular weight is 447 g/mol. The SMILES string of the molecule is Cc1ccc(C2=NN(C(=O)CN3CCN(c4ccccc4F)CC3)[C@H](c3ccco3)C2)cc1. The summed E-state index contributed by atoms with van der Waals surface area (Å²) in [6.45, 7) is 5.05. The lowest BCUT2D eigenvalue weighted by molar-refractivity contribution is -0.134.